The molecule has 1 aliphatic heterocycles. The Morgan fingerprint density at radius 2 is 2.06 bits per heavy atom. The van der Waals surface area contributed by atoms with Crippen LogP contribution in [0.5, 0.6) is 0 Å². The number of rotatable bonds is 6. The summed E-state index contributed by atoms with van der Waals surface area (Å²) in [5.74, 6) is -0.280. The van der Waals surface area contributed by atoms with Crippen molar-refractivity contribution in [3.05, 3.63) is 53.1 Å². The van der Waals surface area contributed by atoms with E-state index in [9.17, 15) is 13.2 Å². The van der Waals surface area contributed by atoms with Crippen molar-refractivity contribution in [2.75, 3.05) is 23.8 Å². The van der Waals surface area contributed by atoms with Crippen molar-refractivity contribution < 1.29 is 17.9 Å². The largest absolute Gasteiger partial charge is 0.376 e. The fourth-order valence-corrected chi connectivity index (χ4v) is 5.93. The lowest BCUT2D eigenvalue weighted by atomic mass is 10.1. The molecular weight excluding hydrogens is 432 g/mol. The van der Waals surface area contributed by atoms with Gasteiger partial charge >= 0.3 is 0 Å². The van der Waals surface area contributed by atoms with E-state index in [2.05, 4.69) is 12.1 Å². The van der Waals surface area contributed by atoms with E-state index >= 15 is 0 Å². The van der Waals surface area contributed by atoms with E-state index < -0.39 is 9.84 Å². The van der Waals surface area contributed by atoms with E-state index in [-0.39, 0.29) is 22.7 Å². The van der Waals surface area contributed by atoms with Gasteiger partial charge in [-0.25, -0.2) is 13.4 Å². The number of benzene rings is 2. The number of amides is 1. The quantitative estimate of drug-likeness (QED) is 0.542. The van der Waals surface area contributed by atoms with Crippen LogP contribution < -0.4 is 4.90 Å². The van der Waals surface area contributed by atoms with E-state index in [0.717, 1.165) is 34.2 Å². The number of ether oxygens (including phenoxy) is 1. The third-order valence-electron chi connectivity index (χ3n) is 5.52. The summed E-state index contributed by atoms with van der Waals surface area (Å²) in [6.45, 7) is 6.74. The normalized spacial score (nSPS) is 16.7. The number of carbonyl (C=O) groups is 1. The van der Waals surface area contributed by atoms with Crippen LogP contribution in [0.3, 0.4) is 0 Å². The highest BCUT2D eigenvalue weighted by atomic mass is 32.2. The first-order valence-electron chi connectivity index (χ1n) is 10.4. The van der Waals surface area contributed by atoms with Gasteiger partial charge in [-0.1, -0.05) is 30.4 Å². The van der Waals surface area contributed by atoms with Crippen molar-refractivity contribution in [1.29, 1.82) is 0 Å². The lowest BCUT2D eigenvalue weighted by Gasteiger charge is -2.23. The average Bonchev–Trinajstić information content (AvgIpc) is 3.41. The Balaban J connectivity index is 1.76. The monoisotopic (exact) mass is 458 g/mol. The molecule has 0 bridgehead atoms. The van der Waals surface area contributed by atoms with E-state index in [0.29, 0.717) is 23.8 Å². The molecule has 1 unspecified atom stereocenters. The Hall–Kier alpha value is -2.29. The number of anilines is 1. The summed E-state index contributed by atoms with van der Waals surface area (Å²) >= 11 is 1.47. The van der Waals surface area contributed by atoms with Crippen LogP contribution >= 0.6 is 11.3 Å². The number of carbonyl (C=O) groups excluding carboxylic acids is 1. The highest BCUT2D eigenvalue weighted by molar-refractivity contribution is 7.91. The third kappa shape index (κ3) is 4.51. The lowest BCUT2D eigenvalue weighted by molar-refractivity contribution is 0.0917. The number of sulfone groups is 1. The molecule has 6 nitrogen and oxygen atoms in total. The SMILES string of the molecule is CCS(=O)(=O)c1cccc(C(=O)N(CC2CCCO2)c2nc3c(C)cc(C)cc3s2)c1. The Labute approximate surface area is 186 Å². The fourth-order valence-electron chi connectivity index (χ4n) is 3.86. The van der Waals surface area contributed by atoms with Crippen LogP contribution in [-0.4, -0.2) is 44.3 Å². The molecule has 4 rings (SSSR count). The maximum absolute atomic E-state index is 13.6. The van der Waals surface area contributed by atoms with Crippen LogP contribution in [0.1, 0.15) is 41.3 Å². The Morgan fingerprint density at radius 1 is 1.26 bits per heavy atom. The van der Waals surface area contributed by atoms with Gasteiger partial charge in [-0.3, -0.25) is 9.69 Å². The molecule has 3 aromatic rings. The van der Waals surface area contributed by atoms with Crippen molar-refractivity contribution in [3.63, 3.8) is 0 Å². The summed E-state index contributed by atoms with van der Waals surface area (Å²) in [6, 6.07) is 10.4. The van der Waals surface area contributed by atoms with E-state index in [1.165, 1.54) is 23.5 Å². The lowest BCUT2D eigenvalue weighted by Crippen LogP contribution is -2.37. The average molecular weight is 459 g/mol. The summed E-state index contributed by atoms with van der Waals surface area (Å²) in [4.78, 5) is 20.2. The van der Waals surface area contributed by atoms with Crippen LogP contribution in [0.2, 0.25) is 0 Å². The van der Waals surface area contributed by atoms with E-state index in [4.69, 9.17) is 9.72 Å². The van der Waals surface area contributed by atoms with Crippen molar-refractivity contribution in [3.8, 4) is 0 Å². The molecule has 1 fully saturated rings. The van der Waals surface area contributed by atoms with E-state index in [1.807, 2.05) is 13.8 Å². The molecule has 1 saturated heterocycles. The molecule has 0 aliphatic carbocycles. The maximum atomic E-state index is 13.6. The van der Waals surface area contributed by atoms with Crippen molar-refractivity contribution in [2.24, 2.45) is 0 Å². The van der Waals surface area contributed by atoms with Crippen LogP contribution in [0.15, 0.2) is 41.3 Å². The summed E-state index contributed by atoms with van der Waals surface area (Å²) in [6.07, 6.45) is 1.80. The minimum Gasteiger partial charge on any atom is -0.376 e. The molecule has 1 aliphatic rings. The van der Waals surface area contributed by atoms with Gasteiger partial charge in [-0.15, -0.1) is 0 Å². The molecule has 0 N–H and O–H groups in total. The number of nitrogens with zero attached hydrogens (tertiary/aromatic N) is 2. The van der Waals surface area contributed by atoms with Gasteiger partial charge in [0.25, 0.3) is 5.91 Å². The number of aromatic nitrogens is 1. The van der Waals surface area contributed by atoms with Crippen LogP contribution in [0.25, 0.3) is 10.2 Å². The molecule has 0 saturated carbocycles. The minimum atomic E-state index is -3.41. The molecule has 1 amide bonds. The van der Waals surface area contributed by atoms with Gasteiger partial charge in [0, 0.05) is 12.2 Å². The zero-order valence-corrected chi connectivity index (χ0v) is 19.6. The Kier molecular flexibility index (Phi) is 6.14. The Morgan fingerprint density at radius 3 is 2.77 bits per heavy atom. The number of aryl methyl sites for hydroxylation is 2. The van der Waals surface area contributed by atoms with Crippen molar-refractivity contribution in [2.45, 2.75) is 44.6 Å². The van der Waals surface area contributed by atoms with Crippen molar-refractivity contribution >= 4 is 42.4 Å². The predicted molar refractivity (Wildman–Crippen MR) is 124 cm³/mol. The molecule has 0 spiro atoms. The van der Waals surface area contributed by atoms with Crippen LogP contribution in [0.4, 0.5) is 5.13 Å². The zero-order valence-electron chi connectivity index (χ0n) is 17.9. The standard InChI is InChI=1S/C23H26N2O4S2/c1-4-31(27,28)19-9-5-7-17(13-19)22(26)25(14-18-8-6-10-29-18)23-24-21-16(3)11-15(2)12-20(21)30-23/h5,7,9,11-13,18H,4,6,8,10,14H2,1-3H3. The topological polar surface area (TPSA) is 76.6 Å². The molecular formula is C23H26N2O4S2. The molecule has 31 heavy (non-hydrogen) atoms. The summed E-state index contributed by atoms with van der Waals surface area (Å²) in [7, 11) is -3.41. The molecule has 164 valence electrons. The van der Waals surface area contributed by atoms with Gasteiger partial charge < -0.3 is 4.74 Å². The third-order valence-corrected chi connectivity index (χ3v) is 8.28. The highest BCUT2D eigenvalue weighted by Gasteiger charge is 2.28. The second-order valence-corrected chi connectivity index (χ2v) is 11.2. The molecule has 1 aromatic heterocycles. The predicted octanol–water partition coefficient (Wildman–Crippen LogP) is 4.53. The summed E-state index contributed by atoms with van der Waals surface area (Å²) in [5.41, 5.74) is 3.44. The highest BCUT2D eigenvalue weighted by Crippen LogP contribution is 2.33. The van der Waals surface area contributed by atoms with Gasteiger partial charge in [0.2, 0.25) is 0 Å². The first-order valence-corrected chi connectivity index (χ1v) is 12.9. The number of thiazole rings is 1. The zero-order chi connectivity index (χ0) is 22.2. The van der Waals surface area contributed by atoms with Crippen LogP contribution in [0, 0.1) is 13.8 Å². The fraction of sp³-hybridized carbons (Fsp3) is 0.391. The molecule has 2 heterocycles. The molecule has 2 aromatic carbocycles. The number of hydrogen-bond acceptors (Lipinski definition) is 6. The molecule has 0 radical (unpaired) electrons. The van der Waals surface area contributed by atoms with Crippen LogP contribution in [-0.2, 0) is 14.6 Å². The van der Waals surface area contributed by atoms with Gasteiger partial charge in [0.05, 0.1) is 33.5 Å². The summed E-state index contributed by atoms with van der Waals surface area (Å²) in [5, 5.41) is 0.605. The molecule has 1 atom stereocenters. The number of hydrogen-bond donors (Lipinski definition) is 0. The van der Waals surface area contributed by atoms with Gasteiger partial charge in [0.1, 0.15) is 0 Å². The number of fused-ring (bicyclic) bond motifs is 1. The molecule has 8 heteroatoms. The van der Waals surface area contributed by atoms with Crippen molar-refractivity contribution in [1.82, 2.24) is 4.98 Å². The van der Waals surface area contributed by atoms with E-state index in [1.54, 1.807) is 24.0 Å². The minimum absolute atomic E-state index is 0.0131. The first-order chi connectivity index (χ1) is 14.8. The first kappa shape index (κ1) is 21.9. The van der Waals surface area contributed by atoms with Gasteiger partial charge in [-0.05, 0) is 62.1 Å². The Bertz CT molecular complexity index is 1230. The maximum Gasteiger partial charge on any atom is 0.260 e. The van der Waals surface area contributed by atoms with Gasteiger partial charge in [-0.2, -0.15) is 0 Å². The smallest absolute Gasteiger partial charge is 0.260 e. The second kappa shape index (κ2) is 8.68. The summed E-state index contributed by atoms with van der Waals surface area (Å²) < 4.78 is 31.5. The van der Waals surface area contributed by atoms with Gasteiger partial charge in [0.15, 0.2) is 15.0 Å². The second-order valence-electron chi connectivity index (χ2n) is 7.91.